The predicted octanol–water partition coefficient (Wildman–Crippen LogP) is 4.19. The van der Waals surface area contributed by atoms with Gasteiger partial charge in [-0.25, -0.2) is 0 Å². The lowest BCUT2D eigenvalue weighted by atomic mass is 10.3. The van der Waals surface area contributed by atoms with Crippen LogP contribution in [0.1, 0.15) is 6.92 Å². The van der Waals surface area contributed by atoms with Crippen molar-refractivity contribution in [2.45, 2.75) is 6.92 Å². The molecule has 0 bridgehead atoms. The van der Waals surface area contributed by atoms with Gasteiger partial charge in [0.2, 0.25) is 0 Å². The SMILES string of the molecule is CCOc1ccc([P+](Cl)(Cl)Cl)cc1. The zero-order valence-corrected chi connectivity index (χ0v) is 10.2. The average Bonchev–Trinajstić information content (AvgIpc) is 2.04. The molecule has 0 aliphatic carbocycles. The molecule has 0 saturated heterocycles. The molecule has 0 spiro atoms. The number of rotatable bonds is 3. The van der Waals surface area contributed by atoms with E-state index >= 15 is 0 Å². The summed E-state index contributed by atoms with van der Waals surface area (Å²) in [6, 6.07) is 7.18. The summed E-state index contributed by atoms with van der Waals surface area (Å²) >= 11 is 17.4. The van der Waals surface area contributed by atoms with E-state index in [1.165, 1.54) is 0 Å². The maximum absolute atomic E-state index is 5.79. The Morgan fingerprint density at radius 2 is 1.69 bits per heavy atom. The fraction of sp³-hybridized carbons (Fsp3) is 0.250. The monoisotopic (exact) mass is 257 g/mol. The highest BCUT2D eigenvalue weighted by molar-refractivity contribution is 8.36. The molecule has 0 N–H and O–H groups in total. The minimum Gasteiger partial charge on any atom is -0.494 e. The van der Waals surface area contributed by atoms with Gasteiger partial charge in [-0.3, -0.25) is 0 Å². The molecule has 1 aromatic carbocycles. The van der Waals surface area contributed by atoms with Crippen molar-refractivity contribution in [1.29, 1.82) is 0 Å². The quantitative estimate of drug-likeness (QED) is 0.739. The maximum atomic E-state index is 5.79. The van der Waals surface area contributed by atoms with Crippen LogP contribution in [0.3, 0.4) is 0 Å². The molecule has 0 aliphatic rings. The van der Waals surface area contributed by atoms with Gasteiger partial charge in [0.05, 0.1) is 6.61 Å². The molecule has 0 heterocycles. The van der Waals surface area contributed by atoms with Gasteiger partial charge >= 0.3 is 5.32 Å². The first kappa shape index (κ1) is 11.4. The Balaban J connectivity index is 2.81. The number of halogens is 3. The molecule has 1 nitrogen and oxygen atoms in total. The van der Waals surface area contributed by atoms with Gasteiger partial charge in [0.15, 0.2) is 0 Å². The third kappa shape index (κ3) is 3.52. The number of benzene rings is 1. The molecule has 1 rings (SSSR count). The second kappa shape index (κ2) is 4.70. The second-order valence-corrected chi connectivity index (χ2v) is 9.90. The van der Waals surface area contributed by atoms with Gasteiger partial charge in [0.25, 0.3) is 0 Å². The smallest absolute Gasteiger partial charge is 0.339 e. The average molecular weight is 258 g/mol. The lowest BCUT2D eigenvalue weighted by molar-refractivity contribution is 0.340. The Morgan fingerprint density at radius 1 is 1.15 bits per heavy atom. The summed E-state index contributed by atoms with van der Waals surface area (Å²) in [5.74, 6) is 0.796. The standard InChI is InChI=1S/C8H9Cl3OP/c1-2-12-7-3-5-8(6-4-7)13(9,10)11/h3-6H,2H2,1H3/q+1. The van der Waals surface area contributed by atoms with Crippen LogP contribution in [-0.4, -0.2) is 6.61 Å². The third-order valence-corrected chi connectivity index (χ3v) is 4.08. The number of hydrogen-bond acceptors (Lipinski definition) is 1. The largest absolute Gasteiger partial charge is 0.494 e. The first-order chi connectivity index (χ1) is 6.04. The van der Waals surface area contributed by atoms with Crippen molar-refractivity contribution >= 4 is 44.3 Å². The van der Waals surface area contributed by atoms with E-state index in [1.54, 1.807) is 24.3 Å². The summed E-state index contributed by atoms with van der Waals surface area (Å²) in [5, 5.41) is -1.69. The van der Waals surface area contributed by atoms with Crippen LogP contribution in [0.25, 0.3) is 0 Å². The molecule has 0 amide bonds. The second-order valence-electron chi connectivity index (χ2n) is 2.37. The van der Waals surface area contributed by atoms with Crippen LogP contribution in [0.15, 0.2) is 24.3 Å². The highest BCUT2D eigenvalue weighted by Crippen LogP contribution is 2.72. The van der Waals surface area contributed by atoms with Gasteiger partial charge in [-0.1, -0.05) is 0 Å². The van der Waals surface area contributed by atoms with Crippen molar-refractivity contribution in [2.24, 2.45) is 0 Å². The fourth-order valence-electron chi connectivity index (χ4n) is 0.878. The molecule has 0 saturated carbocycles. The minimum atomic E-state index is -2.45. The maximum Gasteiger partial charge on any atom is 0.339 e. The summed E-state index contributed by atoms with van der Waals surface area (Å²) in [7, 11) is 0. The van der Waals surface area contributed by atoms with E-state index in [0.717, 1.165) is 11.1 Å². The van der Waals surface area contributed by atoms with Crippen LogP contribution in [0.2, 0.25) is 0 Å². The van der Waals surface area contributed by atoms with Crippen molar-refractivity contribution in [1.82, 2.24) is 0 Å². The molecule has 0 aliphatic heterocycles. The van der Waals surface area contributed by atoms with Gasteiger partial charge in [-0.05, 0) is 31.2 Å². The Kier molecular flexibility index (Phi) is 4.12. The molecule has 0 atom stereocenters. The van der Waals surface area contributed by atoms with Crippen LogP contribution in [0, 0.1) is 0 Å². The number of hydrogen-bond donors (Lipinski definition) is 0. The summed E-state index contributed by atoms with van der Waals surface area (Å²) in [6.07, 6.45) is 0. The summed E-state index contributed by atoms with van der Waals surface area (Å²) in [6.45, 7) is 2.57. The van der Waals surface area contributed by atoms with E-state index in [9.17, 15) is 0 Å². The van der Waals surface area contributed by atoms with Crippen LogP contribution in [0.5, 0.6) is 5.75 Å². The zero-order chi connectivity index (χ0) is 9.90. The van der Waals surface area contributed by atoms with Crippen LogP contribution in [-0.2, 0) is 0 Å². The van der Waals surface area contributed by atoms with Crippen molar-refractivity contribution in [2.75, 3.05) is 6.61 Å². The topological polar surface area (TPSA) is 9.23 Å². The molecule has 0 unspecified atom stereocenters. The van der Waals surface area contributed by atoms with E-state index < -0.39 is 5.32 Å². The Labute approximate surface area is 92.6 Å². The van der Waals surface area contributed by atoms with Gasteiger partial charge in [0.1, 0.15) is 44.8 Å². The molecule has 1 aromatic rings. The van der Waals surface area contributed by atoms with Crippen molar-refractivity contribution < 1.29 is 4.74 Å². The highest BCUT2D eigenvalue weighted by atomic mass is 36.1. The van der Waals surface area contributed by atoms with Gasteiger partial charge in [-0.2, -0.15) is 0 Å². The summed E-state index contributed by atoms with van der Waals surface area (Å²) < 4.78 is 5.26. The molecule has 13 heavy (non-hydrogen) atoms. The zero-order valence-electron chi connectivity index (χ0n) is 7.01. The van der Waals surface area contributed by atoms with E-state index in [-0.39, 0.29) is 0 Å². The Morgan fingerprint density at radius 3 is 2.08 bits per heavy atom. The fourth-order valence-corrected chi connectivity index (χ4v) is 2.38. The predicted molar refractivity (Wildman–Crippen MR) is 61.7 cm³/mol. The van der Waals surface area contributed by atoms with E-state index in [1.807, 2.05) is 6.92 Å². The molecule has 0 radical (unpaired) electrons. The molecular weight excluding hydrogens is 249 g/mol. The first-order valence-electron chi connectivity index (χ1n) is 3.75. The van der Waals surface area contributed by atoms with Gasteiger partial charge in [0, 0.05) is 0 Å². The van der Waals surface area contributed by atoms with Crippen LogP contribution < -0.4 is 10.0 Å². The normalized spacial score (nSPS) is 11.4. The van der Waals surface area contributed by atoms with Crippen LogP contribution >= 0.6 is 39.0 Å². The lowest BCUT2D eigenvalue weighted by Crippen LogP contribution is -1.99. The Bertz CT molecular complexity index is 268. The molecule has 0 fully saturated rings. The van der Waals surface area contributed by atoms with Gasteiger partial charge < -0.3 is 4.74 Å². The van der Waals surface area contributed by atoms with E-state index in [0.29, 0.717) is 6.61 Å². The lowest BCUT2D eigenvalue weighted by Gasteiger charge is -2.03. The van der Waals surface area contributed by atoms with Crippen LogP contribution in [0.4, 0.5) is 0 Å². The first-order valence-corrected chi connectivity index (χ1v) is 8.26. The van der Waals surface area contributed by atoms with E-state index in [4.69, 9.17) is 38.5 Å². The molecule has 5 heteroatoms. The highest BCUT2D eigenvalue weighted by Gasteiger charge is 2.35. The molecule has 0 aromatic heterocycles. The molecule has 72 valence electrons. The Hall–Kier alpha value is 0.320. The van der Waals surface area contributed by atoms with E-state index in [2.05, 4.69) is 0 Å². The van der Waals surface area contributed by atoms with Crippen molar-refractivity contribution in [3.05, 3.63) is 24.3 Å². The van der Waals surface area contributed by atoms with Gasteiger partial charge in [-0.15, -0.1) is 0 Å². The summed E-state index contributed by atoms with van der Waals surface area (Å²) in [4.78, 5) is 0. The number of ether oxygens (including phenoxy) is 1. The minimum absolute atomic E-state index is 0.641. The van der Waals surface area contributed by atoms with Crippen molar-refractivity contribution in [3.8, 4) is 5.75 Å². The van der Waals surface area contributed by atoms with Crippen molar-refractivity contribution in [3.63, 3.8) is 0 Å². The summed E-state index contributed by atoms with van der Waals surface area (Å²) in [5.41, 5.74) is 0. The third-order valence-electron chi connectivity index (χ3n) is 1.44. The molecular formula is C8H9Cl3OP+.